The predicted molar refractivity (Wildman–Crippen MR) is 78.2 cm³/mol. The molecule has 1 aromatic carbocycles. The molecule has 112 valence electrons. The second-order valence-corrected chi connectivity index (χ2v) is 6.43. The Labute approximate surface area is 123 Å². The van der Waals surface area contributed by atoms with E-state index in [0.717, 1.165) is 0 Å². The van der Waals surface area contributed by atoms with Crippen LogP contribution in [-0.4, -0.2) is 32.0 Å². The Balaban J connectivity index is 2.24. The highest BCUT2D eigenvalue weighted by Crippen LogP contribution is 2.20. The molecule has 0 aliphatic rings. The van der Waals surface area contributed by atoms with Crippen molar-refractivity contribution < 1.29 is 17.9 Å². The van der Waals surface area contributed by atoms with Crippen molar-refractivity contribution in [1.29, 1.82) is 0 Å². The largest absolute Gasteiger partial charge is 0.462 e. The summed E-state index contributed by atoms with van der Waals surface area (Å²) in [4.78, 5) is 15.6. The Morgan fingerprint density at radius 2 is 2.00 bits per heavy atom. The van der Waals surface area contributed by atoms with Gasteiger partial charge < -0.3 is 4.74 Å². The van der Waals surface area contributed by atoms with Crippen LogP contribution in [0, 0.1) is 0 Å². The number of pyridine rings is 1. The fourth-order valence-electron chi connectivity index (χ4n) is 1.83. The molecule has 7 heteroatoms. The zero-order valence-electron chi connectivity index (χ0n) is 11.7. The van der Waals surface area contributed by atoms with E-state index in [-0.39, 0.29) is 11.0 Å². The molecule has 21 heavy (non-hydrogen) atoms. The zero-order valence-corrected chi connectivity index (χ0v) is 12.6. The van der Waals surface area contributed by atoms with Crippen LogP contribution >= 0.6 is 0 Å². The Morgan fingerprint density at radius 1 is 1.29 bits per heavy atom. The number of hydrogen-bond donors (Lipinski definition) is 1. The molecule has 1 aromatic heterocycles. The highest BCUT2D eigenvalue weighted by molar-refractivity contribution is 7.89. The van der Waals surface area contributed by atoms with E-state index in [2.05, 4.69) is 9.71 Å². The number of carbonyl (C=O) groups is 1. The second kappa shape index (κ2) is 6.19. The maximum Gasteiger partial charge on any atom is 0.321 e. The number of fused-ring (bicyclic) bond motifs is 1. The highest BCUT2D eigenvalue weighted by Gasteiger charge is 2.19. The molecule has 0 radical (unpaired) electrons. The van der Waals surface area contributed by atoms with Gasteiger partial charge in [-0.3, -0.25) is 9.78 Å². The molecule has 0 amide bonds. The molecule has 1 heterocycles. The van der Waals surface area contributed by atoms with E-state index in [4.69, 9.17) is 4.74 Å². The minimum Gasteiger partial charge on any atom is -0.462 e. The maximum absolute atomic E-state index is 12.3. The molecule has 0 saturated heterocycles. The first-order valence-electron chi connectivity index (χ1n) is 6.43. The van der Waals surface area contributed by atoms with Gasteiger partial charge in [0, 0.05) is 11.6 Å². The number of sulfonamides is 1. The molecule has 0 fully saturated rings. The van der Waals surface area contributed by atoms with Crippen LogP contribution in [-0.2, 0) is 19.6 Å². The summed E-state index contributed by atoms with van der Waals surface area (Å²) in [6.07, 6.45) is 1.23. The summed E-state index contributed by atoms with van der Waals surface area (Å²) in [6, 6.07) is 8.35. The number of hydrogen-bond acceptors (Lipinski definition) is 5. The van der Waals surface area contributed by atoms with E-state index >= 15 is 0 Å². The molecule has 0 saturated carbocycles. The van der Waals surface area contributed by atoms with Crippen molar-refractivity contribution >= 4 is 26.9 Å². The fourth-order valence-corrected chi connectivity index (χ4v) is 2.98. The van der Waals surface area contributed by atoms with Crippen LogP contribution in [0.5, 0.6) is 0 Å². The Bertz CT molecular complexity index is 751. The summed E-state index contributed by atoms with van der Waals surface area (Å²) in [6.45, 7) is 2.98. The number of carbonyl (C=O) groups excluding carboxylic acids is 1. The van der Waals surface area contributed by atoms with E-state index in [1.54, 1.807) is 38.1 Å². The monoisotopic (exact) mass is 308 g/mol. The lowest BCUT2D eigenvalue weighted by Gasteiger charge is -2.10. The van der Waals surface area contributed by atoms with Crippen LogP contribution in [0.15, 0.2) is 41.4 Å². The highest BCUT2D eigenvalue weighted by atomic mass is 32.2. The lowest BCUT2D eigenvalue weighted by molar-refractivity contribution is -0.145. The molecule has 2 aromatic rings. The van der Waals surface area contributed by atoms with Crippen LogP contribution in [0.3, 0.4) is 0 Å². The Kier molecular flexibility index (Phi) is 4.54. The summed E-state index contributed by atoms with van der Waals surface area (Å²) >= 11 is 0. The number of benzene rings is 1. The van der Waals surface area contributed by atoms with Gasteiger partial charge >= 0.3 is 5.97 Å². The third kappa shape index (κ3) is 3.77. The van der Waals surface area contributed by atoms with Crippen LogP contribution in [0.2, 0.25) is 0 Å². The van der Waals surface area contributed by atoms with Gasteiger partial charge in [-0.15, -0.1) is 0 Å². The first kappa shape index (κ1) is 15.4. The smallest absolute Gasteiger partial charge is 0.321 e. The van der Waals surface area contributed by atoms with Gasteiger partial charge in [0.15, 0.2) is 0 Å². The van der Waals surface area contributed by atoms with Crippen molar-refractivity contribution in [3.8, 4) is 0 Å². The van der Waals surface area contributed by atoms with E-state index in [1.165, 1.54) is 12.3 Å². The maximum atomic E-state index is 12.3. The fraction of sp³-hybridized carbons (Fsp3) is 0.286. The first-order valence-corrected chi connectivity index (χ1v) is 7.91. The number of nitrogens with one attached hydrogen (secondary N) is 1. The molecule has 0 spiro atoms. The van der Waals surface area contributed by atoms with Crippen molar-refractivity contribution in [1.82, 2.24) is 9.71 Å². The summed E-state index contributed by atoms with van der Waals surface area (Å²) in [5.41, 5.74) is 0.365. The van der Waals surface area contributed by atoms with Crippen LogP contribution in [0.4, 0.5) is 0 Å². The van der Waals surface area contributed by atoms with Crippen LogP contribution in [0.1, 0.15) is 13.8 Å². The number of esters is 1. The lowest BCUT2D eigenvalue weighted by Crippen LogP contribution is -2.32. The van der Waals surface area contributed by atoms with E-state index in [9.17, 15) is 13.2 Å². The lowest BCUT2D eigenvalue weighted by atomic mass is 10.2. The van der Waals surface area contributed by atoms with E-state index in [1.807, 2.05) is 0 Å². The number of aromatic nitrogens is 1. The van der Waals surface area contributed by atoms with Gasteiger partial charge in [0.25, 0.3) is 0 Å². The summed E-state index contributed by atoms with van der Waals surface area (Å²) in [5.74, 6) is -0.623. The summed E-state index contributed by atoms with van der Waals surface area (Å²) in [5, 5.41) is 0.713. The quantitative estimate of drug-likeness (QED) is 0.845. The molecule has 0 aliphatic heterocycles. The van der Waals surface area contributed by atoms with Crippen molar-refractivity contribution in [3.05, 3.63) is 36.5 Å². The van der Waals surface area contributed by atoms with Crippen molar-refractivity contribution in [3.63, 3.8) is 0 Å². The molecule has 0 bridgehead atoms. The van der Waals surface area contributed by atoms with Crippen molar-refractivity contribution in [2.75, 3.05) is 6.54 Å². The SMILES string of the molecule is CC(C)OC(=O)CNS(=O)(=O)c1cccc2cccnc12. The normalized spacial score (nSPS) is 11.8. The molecule has 0 unspecified atom stereocenters. The van der Waals surface area contributed by atoms with Gasteiger partial charge in [0.2, 0.25) is 10.0 Å². The Hall–Kier alpha value is -1.99. The topological polar surface area (TPSA) is 85.4 Å². The predicted octanol–water partition coefficient (Wildman–Crippen LogP) is 1.46. The first-order chi connectivity index (χ1) is 9.90. The van der Waals surface area contributed by atoms with Gasteiger partial charge in [0.1, 0.15) is 11.4 Å². The van der Waals surface area contributed by atoms with Gasteiger partial charge in [0.05, 0.1) is 11.6 Å². The number of para-hydroxylation sites is 1. The molecular weight excluding hydrogens is 292 g/mol. The second-order valence-electron chi connectivity index (χ2n) is 4.69. The van der Waals surface area contributed by atoms with E-state index < -0.39 is 22.5 Å². The third-order valence-corrected chi connectivity index (χ3v) is 4.09. The molecule has 1 N–H and O–H groups in total. The molecule has 6 nitrogen and oxygen atoms in total. The number of nitrogens with zero attached hydrogens (tertiary/aromatic N) is 1. The number of rotatable bonds is 5. The van der Waals surface area contributed by atoms with Crippen molar-refractivity contribution in [2.45, 2.75) is 24.8 Å². The van der Waals surface area contributed by atoms with Crippen molar-refractivity contribution in [2.24, 2.45) is 0 Å². The van der Waals surface area contributed by atoms with Gasteiger partial charge in [-0.25, -0.2) is 8.42 Å². The average molecular weight is 308 g/mol. The summed E-state index contributed by atoms with van der Waals surface area (Å²) < 4.78 is 31.7. The van der Waals surface area contributed by atoms with Gasteiger partial charge in [-0.05, 0) is 26.0 Å². The summed E-state index contributed by atoms with van der Waals surface area (Å²) in [7, 11) is -3.83. The minimum atomic E-state index is -3.83. The molecule has 2 rings (SSSR count). The van der Waals surface area contributed by atoms with Gasteiger partial charge in [-0.1, -0.05) is 18.2 Å². The van der Waals surface area contributed by atoms with E-state index in [0.29, 0.717) is 10.9 Å². The standard InChI is InChI=1S/C14H16N2O4S/c1-10(2)20-13(17)9-16-21(18,19)12-7-3-5-11-6-4-8-15-14(11)12/h3-8,10,16H,9H2,1-2H3. The minimum absolute atomic E-state index is 0.0398. The number of ether oxygens (including phenoxy) is 1. The van der Waals surface area contributed by atoms with Crippen LogP contribution in [0.25, 0.3) is 10.9 Å². The molecular formula is C14H16N2O4S. The Morgan fingerprint density at radius 3 is 2.71 bits per heavy atom. The van der Waals surface area contributed by atoms with Crippen LogP contribution < -0.4 is 4.72 Å². The van der Waals surface area contributed by atoms with Gasteiger partial charge in [-0.2, -0.15) is 4.72 Å². The molecule has 0 aliphatic carbocycles. The molecule has 0 atom stereocenters. The zero-order chi connectivity index (χ0) is 15.5. The third-order valence-electron chi connectivity index (χ3n) is 2.66. The average Bonchev–Trinajstić information content (AvgIpc) is 2.44.